The van der Waals surface area contributed by atoms with E-state index in [2.05, 4.69) is 70.7 Å². The number of fused-ring (bicyclic) bond motifs is 1. The van der Waals surface area contributed by atoms with E-state index in [9.17, 15) is 4.39 Å². The number of benzene rings is 2. The second-order valence-electron chi connectivity index (χ2n) is 10.7. The Morgan fingerprint density at radius 1 is 1.07 bits per heavy atom. The van der Waals surface area contributed by atoms with Gasteiger partial charge in [-0.05, 0) is 78.8 Å². The summed E-state index contributed by atoms with van der Waals surface area (Å²) in [6.45, 7) is 14.8. The highest BCUT2D eigenvalue weighted by molar-refractivity contribution is 5.94. The maximum Gasteiger partial charge on any atom is 0.138 e. The lowest BCUT2D eigenvalue weighted by atomic mass is 9.87. The lowest BCUT2D eigenvalue weighted by Gasteiger charge is -2.25. The molecule has 6 heteroatoms. The van der Waals surface area contributed by atoms with Crippen molar-refractivity contribution in [2.45, 2.75) is 39.0 Å². The van der Waals surface area contributed by atoms with E-state index in [1.807, 2.05) is 26.1 Å². The minimum Gasteiger partial charge on any atom is -0.388 e. The lowest BCUT2D eigenvalue weighted by molar-refractivity contribution is 0.393. The largest absolute Gasteiger partial charge is 0.388 e. The molecule has 0 spiro atoms. The van der Waals surface area contributed by atoms with E-state index in [4.69, 9.17) is 4.98 Å². The maximum absolute atomic E-state index is 14.0. The van der Waals surface area contributed by atoms with Gasteiger partial charge in [0.1, 0.15) is 11.6 Å². The topological polar surface area (TPSA) is 65.6 Å². The first-order valence-corrected chi connectivity index (χ1v) is 14.5. The van der Waals surface area contributed by atoms with Gasteiger partial charge in [0.15, 0.2) is 0 Å². The molecule has 42 heavy (non-hydrogen) atoms. The molecule has 0 amide bonds. The third-order valence-electron chi connectivity index (χ3n) is 8.01. The Labute approximate surface area is 247 Å². The monoisotopic (exact) mass is 559 g/mol. The van der Waals surface area contributed by atoms with Crippen LogP contribution in [-0.4, -0.2) is 22.0 Å². The molecule has 2 aromatic heterocycles. The minimum atomic E-state index is -0.304. The number of pyridine rings is 1. The third-order valence-corrected chi connectivity index (χ3v) is 8.01. The van der Waals surface area contributed by atoms with Gasteiger partial charge in [-0.2, -0.15) is 0 Å². The van der Waals surface area contributed by atoms with Gasteiger partial charge in [-0.25, -0.2) is 9.37 Å². The first-order valence-electron chi connectivity index (χ1n) is 14.5. The summed E-state index contributed by atoms with van der Waals surface area (Å²) in [6.07, 6.45) is 15.7. The Morgan fingerprint density at radius 3 is 2.60 bits per heavy atom. The number of rotatable bonds is 10. The number of hydrogen-bond donors (Lipinski definition) is 3. The number of halogens is 1. The molecule has 0 aliphatic heterocycles. The van der Waals surface area contributed by atoms with Gasteiger partial charge in [-0.15, -0.1) is 0 Å². The number of aromatic nitrogens is 3. The highest BCUT2D eigenvalue weighted by atomic mass is 19.1. The molecule has 0 atom stereocenters. The van der Waals surface area contributed by atoms with E-state index in [1.54, 1.807) is 18.5 Å². The van der Waals surface area contributed by atoms with Gasteiger partial charge in [0.25, 0.3) is 0 Å². The van der Waals surface area contributed by atoms with Gasteiger partial charge >= 0.3 is 0 Å². The molecule has 0 bridgehead atoms. The third kappa shape index (κ3) is 6.13. The molecular formula is C36H38FN5. The van der Waals surface area contributed by atoms with Gasteiger partial charge in [-0.1, -0.05) is 63.3 Å². The summed E-state index contributed by atoms with van der Waals surface area (Å²) in [5.74, 6) is 0.822. The van der Waals surface area contributed by atoms with Gasteiger partial charge < -0.3 is 15.6 Å². The number of aromatic amines is 1. The first-order chi connectivity index (χ1) is 20.4. The molecule has 1 aliphatic rings. The van der Waals surface area contributed by atoms with E-state index in [1.165, 1.54) is 44.2 Å². The summed E-state index contributed by atoms with van der Waals surface area (Å²) in [4.78, 5) is 12.6. The molecule has 3 N–H and O–H groups in total. The van der Waals surface area contributed by atoms with Crippen molar-refractivity contribution >= 4 is 27.9 Å². The van der Waals surface area contributed by atoms with E-state index in [0.29, 0.717) is 17.3 Å². The SMILES string of the molecule is C=C/C(=C\C(=C/C)c1ccc(NC)c(C(=C)c2nc3c(-c4cccc(F)c4)cncc3[nH]2)c1)NC(=C)C1CCCCC1. The van der Waals surface area contributed by atoms with Crippen LogP contribution in [0.3, 0.4) is 0 Å². The van der Waals surface area contributed by atoms with Crippen LogP contribution in [0.4, 0.5) is 10.1 Å². The zero-order valence-corrected chi connectivity index (χ0v) is 24.4. The van der Waals surface area contributed by atoms with Crippen molar-refractivity contribution in [3.8, 4) is 11.1 Å². The molecule has 5 rings (SSSR count). The molecule has 0 radical (unpaired) electrons. The van der Waals surface area contributed by atoms with Crippen LogP contribution >= 0.6 is 0 Å². The fourth-order valence-corrected chi connectivity index (χ4v) is 5.65. The molecule has 1 saturated carbocycles. The van der Waals surface area contributed by atoms with Gasteiger partial charge in [0.2, 0.25) is 0 Å². The number of nitrogens with zero attached hydrogens (tertiary/aromatic N) is 2. The summed E-state index contributed by atoms with van der Waals surface area (Å²) in [5.41, 5.74) is 9.60. The molecule has 2 aromatic carbocycles. The average molecular weight is 560 g/mol. The first kappa shape index (κ1) is 28.8. The van der Waals surface area contributed by atoms with Crippen molar-refractivity contribution < 1.29 is 4.39 Å². The summed E-state index contributed by atoms with van der Waals surface area (Å²) in [7, 11) is 1.89. The molecule has 2 heterocycles. The second-order valence-corrected chi connectivity index (χ2v) is 10.7. The number of hydrogen-bond acceptors (Lipinski definition) is 4. The minimum absolute atomic E-state index is 0.304. The van der Waals surface area contributed by atoms with Crippen LogP contribution in [-0.2, 0) is 0 Å². The zero-order valence-electron chi connectivity index (χ0n) is 24.4. The molecule has 1 fully saturated rings. The molecule has 214 valence electrons. The Morgan fingerprint density at radius 2 is 1.88 bits per heavy atom. The number of H-pyrrole nitrogens is 1. The Balaban J connectivity index is 1.46. The van der Waals surface area contributed by atoms with Crippen LogP contribution in [0.15, 0.2) is 104 Å². The highest BCUT2D eigenvalue weighted by Crippen LogP contribution is 2.34. The quantitative estimate of drug-likeness (QED) is 0.170. The van der Waals surface area contributed by atoms with Crippen LogP contribution in [0, 0.1) is 11.7 Å². The zero-order chi connectivity index (χ0) is 29.6. The van der Waals surface area contributed by atoms with Gasteiger partial charge in [0.05, 0.1) is 17.2 Å². The second kappa shape index (κ2) is 12.9. The molecule has 5 nitrogen and oxygen atoms in total. The van der Waals surface area contributed by atoms with Gasteiger partial charge in [0, 0.05) is 47.0 Å². The summed E-state index contributed by atoms with van der Waals surface area (Å²) in [5, 5.41) is 6.82. The molecule has 1 aliphatic carbocycles. The number of nitrogens with one attached hydrogen (secondary N) is 3. The smallest absolute Gasteiger partial charge is 0.138 e. The molecule has 0 saturated heterocycles. The van der Waals surface area contributed by atoms with E-state index >= 15 is 0 Å². The van der Waals surface area contributed by atoms with Crippen LogP contribution in [0.5, 0.6) is 0 Å². The van der Waals surface area contributed by atoms with Crippen LogP contribution < -0.4 is 10.6 Å². The van der Waals surface area contributed by atoms with Crippen molar-refractivity contribution in [1.29, 1.82) is 0 Å². The van der Waals surface area contributed by atoms with Crippen molar-refractivity contribution in [2.75, 3.05) is 12.4 Å². The summed E-state index contributed by atoms with van der Waals surface area (Å²) < 4.78 is 14.0. The molecule has 4 aromatic rings. The predicted molar refractivity (Wildman–Crippen MR) is 174 cm³/mol. The summed E-state index contributed by atoms with van der Waals surface area (Å²) >= 11 is 0. The standard InChI is InChI=1S/C36H38FN5/c1-6-25(19-30(7-2)40-24(4)26-12-9-8-10-13-26)27-16-17-33(38-5)31(20-27)23(3)36-41-34-22-39-21-32(35(34)42-36)28-14-11-15-29(37)18-28/h6-7,11,14-22,26,38,40H,2-4,8-10,12-13H2,1,5H3,(H,41,42)/b25-6+,30-19+. The van der Waals surface area contributed by atoms with Crippen LogP contribution in [0.1, 0.15) is 56.0 Å². The Kier molecular flexibility index (Phi) is 8.82. The van der Waals surface area contributed by atoms with Crippen molar-refractivity contribution in [3.05, 3.63) is 127 Å². The molecular weight excluding hydrogens is 521 g/mol. The summed E-state index contributed by atoms with van der Waals surface area (Å²) in [6, 6.07) is 12.7. The fourth-order valence-electron chi connectivity index (χ4n) is 5.65. The average Bonchev–Trinajstić information content (AvgIpc) is 3.47. The molecule has 0 unspecified atom stereocenters. The normalized spacial score (nSPS) is 14.5. The Bertz CT molecular complexity index is 1700. The predicted octanol–water partition coefficient (Wildman–Crippen LogP) is 9.02. The van der Waals surface area contributed by atoms with E-state index in [-0.39, 0.29) is 5.82 Å². The maximum atomic E-state index is 14.0. The lowest BCUT2D eigenvalue weighted by Crippen LogP contribution is -2.20. The van der Waals surface area contributed by atoms with E-state index < -0.39 is 0 Å². The van der Waals surface area contributed by atoms with Crippen molar-refractivity contribution in [2.24, 2.45) is 5.92 Å². The van der Waals surface area contributed by atoms with Gasteiger partial charge in [-0.3, -0.25) is 4.98 Å². The number of anilines is 1. The van der Waals surface area contributed by atoms with Crippen molar-refractivity contribution in [1.82, 2.24) is 20.3 Å². The van der Waals surface area contributed by atoms with Crippen LogP contribution in [0.25, 0.3) is 33.3 Å². The highest BCUT2D eigenvalue weighted by Gasteiger charge is 2.18. The number of allylic oxidation sites excluding steroid dienone is 5. The Hall–Kier alpha value is -4.71. The van der Waals surface area contributed by atoms with E-state index in [0.717, 1.165) is 56.0 Å². The van der Waals surface area contributed by atoms with Crippen LogP contribution in [0.2, 0.25) is 0 Å². The fraction of sp³-hybridized carbons (Fsp3) is 0.222. The number of imidazole rings is 1. The van der Waals surface area contributed by atoms with Crippen molar-refractivity contribution in [3.63, 3.8) is 0 Å².